The molecule has 4 rings (SSSR count). The molecule has 30 heavy (non-hydrogen) atoms. The molecule has 2 aromatic rings. The number of carbonyl (C=O) groups excluding carboxylic acids is 1. The zero-order valence-electron chi connectivity index (χ0n) is 17.5. The second kappa shape index (κ2) is 9.29. The van der Waals surface area contributed by atoms with Gasteiger partial charge in [0.15, 0.2) is 11.5 Å². The number of benzene rings is 1. The van der Waals surface area contributed by atoms with E-state index in [-0.39, 0.29) is 12.0 Å². The molecule has 1 aromatic carbocycles. The molecular formula is C26H29NO3. The number of hydrogen-bond acceptors (Lipinski definition) is 4. The molecule has 0 saturated heterocycles. The Balaban J connectivity index is 1.63. The van der Waals surface area contributed by atoms with Crippen molar-refractivity contribution < 1.29 is 14.3 Å². The average molecular weight is 404 g/mol. The Morgan fingerprint density at radius 2 is 1.90 bits per heavy atom. The van der Waals surface area contributed by atoms with Crippen LogP contribution in [-0.4, -0.2) is 24.5 Å². The van der Waals surface area contributed by atoms with Crippen LogP contribution in [0.1, 0.15) is 43.2 Å². The van der Waals surface area contributed by atoms with Gasteiger partial charge in [0, 0.05) is 12.4 Å². The number of aryl methyl sites for hydroxylation is 1. The first kappa shape index (κ1) is 20.4. The van der Waals surface area contributed by atoms with E-state index in [0.717, 1.165) is 49.0 Å². The van der Waals surface area contributed by atoms with Gasteiger partial charge >= 0.3 is 0 Å². The fourth-order valence-corrected chi connectivity index (χ4v) is 4.63. The van der Waals surface area contributed by atoms with Gasteiger partial charge in [0.1, 0.15) is 6.29 Å². The van der Waals surface area contributed by atoms with Crippen LogP contribution in [0.5, 0.6) is 11.5 Å². The van der Waals surface area contributed by atoms with E-state index in [2.05, 4.69) is 11.1 Å². The number of ether oxygens (including phenoxy) is 2. The molecule has 0 radical (unpaired) electrons. The molecule has 0 amide bonds. The number of pyridine rings is 1. The molecule has 1 aromatic heterocycles. The summed E-state index contributed by atoms with van der Waals surface area (Å²) in [5.41, 5.74) is 1.47. The van der Waals surface area contributed by atoms with Gasteiger partial charge in [-0.15, -0.1) is 0 Å². The second-order valence-corrected chi connectivity index (χ2v) is 8.19. The van der Waals surface area contributed by atoms with Crippen molar-refractivity contribution in [2.24, 2.45) is 5.92 Å². The Kier molecular flexibility index (Phi) is 6.32. The highest BCUT2D eigenvalue weighted by Crippen LogP contribution is 2.42. The third-order valence-electron chi connectivity index (χ3n) is 6.39. The van der Waals surface area contributed by atoms with Crippen LogP contribution in [0.25, 0.3) is 0 Å². The summed E-state index contributed by atoms with van der Waals surface area (Å²) in [5, 5.41) is 0. The summed E-state index contributed by atoms with van der Waals surface area (Å²) in [7, 11) is 1.66. The summed E-state index contributed by atoms with van der Waals surface area (Å²) in [6, 6.07) is 10.0. The van der Waals surface area contributed by atoms with Crippen molar-refractivity contribution in [1.82, 2.24) is 4.98 Å². The first-order valence-corrected chi connectivity index (χ1v) is 10.8. The molecule has 2 aliphatic carbocycles. The number of aromatic nitrogens is 1. The summed E-state index contributed by atoms with van der Waals surface area (Å²) in [6.45, 7) is 0. The van der Waals surface area contributed by atoms with Gasteiger partial charge in [0.2, 0.25) is 0 Å². The van der Waals surface area contributed by atoms with E-state index in [4.69, 9.17) is 9.47 Å². The fourth-order valence-electron chi connectivity index (χ4n) is 4.63. The first-order valence-electron chi connectivity index (χ1n) is 10.8. The average Bonchev–Trinajstić information content (AvgIpc) is 3.31. The van der Waals surface area contributed by atoms with Crippen LogP contribution in [0.3, 0.4) is 0 Å². The first-order chi connectivity index (χ1) is 14.7. The smallest absolute Gasteiger partial charge is 0.161 e. The van der Waals surface area contributed by atoms with E-state index in [1.807, 2.05) is 61.0 Å². The van der Waals surface area contributed by atoms with Gasteiger partial charge in [-0.05, 0) is 79.8 Å². The Bertz CT molecular complexity index is 915. The molecule has 2 aliphatic rings. The summed E-state index contributed by atoms with van der Waals surface area (Å²) in [5.74, 6) is 1.52. The summed E-state index contributed by atoms with van der Waals surface area (Å²) in [4.78, 5) is 16.6. The van der Waals surface area contributed by atoms with E-state index in [0.29, 0.717) is 0 Å². The normalized spacial score (nSPS) is 23.4. The molecule has 0 spiro atoms. The molecule has 1 saturated carbocycles. The van der Waals surface area contributed by atoms with Crippen LogP contribution in [-0.2, 0) is 16.6 Å². The minimum absolute atomic E-state index is 0.0703. The highest BCUT2D eigenvalue weighted by atomic mass is 16.5. The topological polar surface area (TPSA) is 48.4 Å². The predicted octanol–water partition coefficient (Wildman–Crippen LogP) is 5.22. The molecule has 0 aliphatic heterocycles. The SMILES string of the molecule is COc1ccc(C2(C=O)C=CC=CC2CCc2ccncc2)cc1OC1CCCC1. The maximum absolute atomic E-state index is 12.5. The van der Waals surface area contributed by atoms with Crippen LogP contribution < -0.4 is 9.47 Å². The highest BCUT2D eigenvalue weighted by Gasteiger charge is 2.38. The molecule has 1 fully saturated rings. The molecule has 0 bridgehead atoms. The van der Waals surface area contributed by atoms with E-state index >= 15 is 0 Å². The van der Waals surface area contributed by atoms with Crippen LogP contribution in [0, 0.1) is 5.92 Å². The third kappa shape index (κ3) is 4.18. The van der Waals surface area contributed by atoms with Crippen molar-refractivity contribution in [3.8, 4) is 11.5 Å². The maximum atomic E-state index is 12.5. The van der Waals surface area contributed by atoms with E-state index in [1.54, 1.807) is 7.11 Å². The quantitative estimate of drug-likeness (QED) is 0.567. The lowest BCUT2D eigenvalue weighted by Crippen LogP contribution is -2.35. The Morgan fingerprint density at radius 3 is 2.63 bits per heavy atom. The number of hydrogen-bond donors (Lipinski definition) is 0. The molecule has 0 N–H and O–H groups in total. The summed E-state index contributed by atoms with van der Waals surface area (Å²) < 4.78 is 11.8. The Labute approximate surface area is 178 Å². The van der Waals surface area contributed by atoms with Crippen LogP contribution in [0.4, 0.5) is 0 Å². The molecule has 156 valence electrons. The zero-order valence-corrected chi connectivity index (χ0v) is 17.5. The van der Waals surface area contributed by atoms with Crippen LogP contribution in [0.15, 0.2) is 67.0 Å². The van der Waals surface area contributed by atoms with Gasteiger partial charge in [-0.25, -0.2) is 0 Å². The van der Waals surface area contributed by atoms with Crippen molar-refractivity contribution in [3.05, 3.63) is 78.2 Å². The molecule has 4 nitrogen and oxygen atoms in total. The Morgan fingerprint density at radius 1 is 1.10 bits per heavy atom. The standard InChI is InChI=1S/C26H29NO3/c1-29-24-12-11-22(18-25(24)30-23-7-2-3-8-23)26(19-28)15-5-4-6-21(26)10-9-20-13-16-27-17-14-20/h4-6,11-19,21,23H,2-3,7-10H2,1H3. The van der Waals surface area contributed by atoms with Gasteiger partial charge in [-0.2, -0.15) is 0 Å². The van der Waals surface area contributed by atoms with Crippen molar-refractivity contribution in [2.75, 3.05) is 7.11 Å². The largest absolute Gasteiger partial charge is 0.493 e. The Hall–Kier alpha value is -2.88. The maximum Gasteiger partial charge on any atom is 0.161 e. The summed E-state index contributed by atoms with van der Waals surface area (Å²) in [6.07, 6.45) is 19.4. The third-order valence-corrected chi connectivity index (χ3v) is 6.39. The van der Waals surface area contributed by atoms with E-state index in [1.165, 1.54) is 18.4 Å². The zero-order chi connectivity index (χ0) is 20.8. The van der Waals surface area contributed by atoms with Crippen molar-refractivity contribution >= 4 is 6.29 Å². The van der Waals surface area contributed by atoms with Crippen molar-refractivity contribution in [3.63, 3.8) is 0 Å². The molecular weight excluding hydrogens is 374 g/mol. The van der Waals surface area contributed by atoms with Crippen LogP contribution in [0.2, 0.25) is 0 Å². The second-order valence-electron chi connectivity index (χ2n) is 8.19. The predicted molar refractivity (Wildman–Crippen MR) is 118 cm³/mol. The number of allylic oxidation sites excluding steroid dienone is 4. The minimum Gasteiger partial charge on any atom is -0.493 e. The number of methoxy groups -OCH3 is 1. The minimum atomic E-state index is -0.707. The molecule has 2 unspecified atom stereocenters. The highest BCUT2D eigenvalue weighted by molar-refractivity contribution is 5.75. The van der Waals surface area contributed by atoms with Crippen LogP contribution >= 0.6 is 0 Å². The molecule has 1 heterocycles. The number of nitrogens with zero attached hydrogens (tertiary/aromatic N) is 1. The van der Waals surface area contributed by atoms with Crippen molar-refractivity contribution in [2.45, 2.75) is 50.0 Å². The van der Waals surface area contributed by atoms with Gasteiger partial charge in [-0.3, -0.25) is 4.98 Å². The van der Waals surface area contributed by atoms with Gasteiger partial charge in [0.05, 0.1) is 18.6 Å². The van der Waals surface area contributed by atoms with E-state index in [9.17, 15) is 4.79 Å². The van der Waals surface area contributed by atoms with E-state index < -0.39 is 5.41 Å². The molecule has 4 heteroatoms. The van der Waals surface area contributed by atoms with Gasteiger partial charge in [0.25, 0.3) is 0 Å². The number of aldehydes is 1. The van der Waals surface area contributed by atoms with Gasteiger partial charge in [-0.1, -0.05) is 30.4 Å². The monoisotopic (exact) mass is 403 g/mol. The fraction of sp³-hybridized carbons (Fsp3) is 0.385. The lowest BCUT2D eigenvalue weighted by Gasteiger charge is -2.35. The number of carbonyl (C=O) groups is 1. The molecule has 2 atom stereocenters. The lowest BCUT2D eigenvalue weighted by atomic mass is 9.67. The van der Waals surface area contributed by atoms with Gasteiger partial charge < -0.3 is 14.3 Å². The lowest BCUT2D eigenvalue weighted by molar-refractivity contribution is -0.112. The van der Waals surface area contributed by atoms with Crippen molar-refractivity contribution in [1.29, 1.82) is 0 Å². The summed E-state index contributed by atoms with van der Waals surface area (Å²) >= 11 is 0. The number of rotatable bonds is 8.